The summed E-state index contributed by atoms with van der Waals surface area (Å²) in [5.41, 5.74) is 1.41. The molecule has 0 bridgehead atoms. The van der Waals surface area contributed by atoms with Gasteiger partial charge in [-0.25, -0.2) is 4.39 Å². The number of halogens is 2. The molecule has 9 heteroatoms. The molecule has 0 saturated heterocycles. The number of aryl methyl sites for hydroxylation is 1. The van der Waals surface area contributed by atoms with Gasteiger partial charge in [-0.2, -0.15) is 0 Å². The first kappa shape index (κ1) is 19.2. The fourth-order valence-corrected chi connectivity index (χ4v) is 2.93. The van der Waals surface area contributed by atoms with E-state index in [1.54, 1.807) is 18.2 Å². The SMILES string of the molecule is Cc1cc(Cl)ccc1OCc1nnc(SCC(=O)Nc2ccc(F)cc2)o1. The van der Waals surface area contributed by atoms with Crippen molar-refractivity contribution in [2.45, 2.75) is 18.8 Å². The molecule has 27 heavy (non-hydrogen) atoms. The highest BCUT2D eigenvalue weighted by Gasteiger charge is 2.11. The molecule has 1 amide bonds. The molecule has 0 saturated carbocycles. The average Bonchev–Trinajstić information content (AvgIpc) is 3.09. The maximum absolute atomic E-state index is 12.8. The largest absolute Gasteiger partial charge is 0.484 e. The van der Waals surface area contributed by atoms with Gasteiger partial charge in [0, 0.05) is 10.7 Å². The quantitative estimate of drug-likeness (QED) is 0.582. The zero-order chi connectivity index (χ0) is 19.2. The number of anilines is 1. The van der Waals surface area contributed by atoms with Crippen molar-refractivity contribution in [3.63, 3.8) is 0 Å². The van der Waals surface area contributed by atoms with Gasteiger partial charge in [0.05, 0.1) is 5.75 Å². The summed E-state index contributed by atoms with van der Waals surface area (Å²) in [7, 11) is 0. The van der Waals surface area contributed by atoms with E-state index >= 15 is 0 Å². The van der Waals surface area contributed by atoms with Crippen molar-refractivity contribution >= 4 is 35.0 Å². The van der Waals surface area contributed by atoms with Crippen molar-refractivity contribution in [1.29, 1.82) is 0 Å². The Balaban J connectivity index is 1.47. The third-order valence-electron chi connectivity index (χ3n) is 3.39. The van der Waals surface area contributed by atoms with Gasteiger partial charge < -0.3 is 14.5 Å². The topological polar surface area (TPSA) is 77.2 Å². The average molecular weight is 408 g/mol. The van der Waals surface area contributed by atoms with E-state index in [1.807, 2.05) is 6.92 Å². The molecule has 2 aromatic carbocycles. The van der Waals surface area contributed by atoms with Crippen LogP contribution >= 0.6 is 23.4 Å². The third-order valence-corrected chi connectivity index (χ3v) is 4.44. The minimum absolute atomic E-state index is 0.0795. The van der Waals surface area contributed by atoms with Crippen LogP contribution in [-0.4, -0.2) is 21.9 Å². The Morgan fingerprint density at radius 2 is 2.04 bits per heavy atom. The molecule has 3 aromatic rings. The molecule has 0 radical (unpaired) electrons. The highest BCUT2D eigenvalue weighted by atomic mass is 35.5. The van der Waals surface area contributed by atoms with Crippen LogP contribution in [0.2, 0.25) is 5.02 Å². The van der Waals surface area contributed by atoms with Crippen LogP contribution in [-0.2, 0) is 11.4 Å². The normalized spacial score (nSPS) is 10.6. The van der Waals surface area contributed by atoms with Crippen LogP contribution in [0.4, 0.5) is 10.1 Å². The summed E-state index contributed by atoms with van der Waals surface area (Å²) in [4.78, 5) is 11.9. The van der Waals surface area contributed by atoms with Gasteiger partial charge in [-0.05, 0) is 55.0 Å². The first-order chi connectivity index (χ1) is 13.0. The smallest absolute Gasteiger partial charge is 0.277 e. The monoisotopic (exact) mass is 407 g/mol. The molecule has 0 aliphatic carbocycles. The number of ether oxygens (including phenoxy) is 1. The summed E-state index contributed by atoms with van der Waals surface area (Å²) in [6.45, 7) is 1.99. The summed E-state index contributed by atoms with van der Waals surface area (Å²) in [5, 5.41) is 11.3. The molecule has 0 aliphatic heterocycles. The second kappa shape index (κ2) is 8.88. The number of carbonyl (C=O) groups excluding carboxylic acids is 1. The zero-order valence-electron chi connectivity index (χ0n) is 14.2. The van der Waals surface area contributed by atoms with E-state index in [-0.39, 0.29) is 29.3 Å². The van der Waals surface area contributed by atoms with Gasteiger partial charge in [-0.15, -0.1) is 10.2 Å². The van der Waals surface area contributed by atoms with Crippen LogP contribution < -0.4 is 10.1 Å². The highest BCUT2D eigenvalue weighted by molar-refractivity contribution is 7.99. The lowest BCUT2D eigenvalue weighted by atomic mass is 10.2. The molecule has 1 heterocycles. The van der Waals surface area contributed by atoms with Gasteiger partial charge in [0.25, 0.3) is 11.1 Å². The summed E-state index contributed by atoms with van der Waals surface area (Å²) in [5.74, 6) is 0.420. The van der Waals surface area contributed by atoms with E-state index in [9.17, 15) is 9.18 Å². The maximum atomic E-state index is 12.8. The number of hydrogen-bond acceptors (Lipinski definition) is 6. The van der Waals surface area contributed by atoms with Crippen molar-refractivity contribution in [2.24, 2.45) is 0 Å². The van der Waals surface area contributed by atoms with Gasteiger partial charge in [-0.1, -0.05) is 23.4 Å². The first-order valence-electron chi connectivity index (χ1n) is 7.89. The number of hydrogen-bond donors (Lipinski definition) is 1. The Morgan fingerprint density at radius 1 is 1.26 bits per heavy atom. The third kappa shape index (κ3) is 5.70. The van der Waals surface area contributed by atoms with E-state index in [4.69, 9.17) is 20.8 Å². The number of amides is 1. The molecule has 0 atom stereocenters. The predicted octanol–water partition coefficient (Wildman–Crippen LogP) is 4.48. The number of carbonyl (C=O) groups is 1. The summed E-state index contributed by atoms with van der Waals surface area (Å²) in [6, 6.07) is 10.8. The van der Waals surface area contributed by atoms with Crippen LogP contribution in [0.25, 0.3) is 0 Å². The summed E-state index contributed by atoms with van der Waals surface area (Å²) in [6.07, 6.45) is 0. The van der Waals surface area contributed by atoms with Gasteiger partial charge in [0.2, 0.25) is 5.91 Å². The van der Waals surface area contributed by atoms with Gasteiger partial charge in [0.1, 0.15) is 11.6 Å². The first-order valence-corrected chi connectivity index (χ1v) is 9.25. The van der Waals surface area contributed by atoms with E-state index in [0.717, 1.165) is 17.3 Å². The van der Waals surface area contributed by atoms with Crippen LogP contribution in [0.3, 0.4) is 0 Å². The Morgan fingerprint density at radius 3 is 2.78 bits per heavy atom. The van der Waals surface area contributed by atoms with E-state index in [2.05, 4.69) is 15.5 Å². The molecular formula is C18H15ClFN3O3S. The van der Waals surface area contributed by atoms with Gasteiger partial charge in [0.15, 0.2) is 6.61 Å². The second-order valence-electron chi connectivity index (χ2n) is 5.50. The summed E-state index contributed by atoms with van der Waals surface area (Å²) >= 11 is 7.01. The van der Waals surface area contributed by atoms with Crippen molar-refractivity contribution in [2.75, 3.05) is 11.1 Å². The van der Waals surface area contributed by atoms with Crippen LogP contribution in [0.5, 0.6) is 5.75 Å². The molecular weight excluding hydrogens is 393 g/mol. The predicted molar refractivity (Wildman–Crippen MR) is 101 cm³/mol. The van der Waals surface area contributed by atoms with E-state index in [0.29, 0.717) is 22.4 Å². The molecule has 0 unspecified atom stereocenters. The molecule has 0 spiro atoms. The standard InChI is InChI=1S/C18H15ClFN3O3S/c1-11-8-12(19)2-7-15(11)25-9-17-22-23-18(26-17)27-10-16(24)21-14-5-3-13(20)4-6-14/h2-8H,9-10H2,1H3,(H,21,24). The van der Waals surface area contributed by atoms with Crippen LogP contribution in [0, 0.1) is 12.7 Å². The number of rotatable bonds is 7. The van der Waals surface area contributed by atoms with Crippen molar-refractivity contribution in [3.8, 4) is 5.75 Å². The van der Waals surface area contributed by atoms with Crippen molar-refractivity contribution < 1.29 is 18.3 Å². The van der Waals surface area contributed by atoms with E-state index < -0.39 is 0 Å². The second-order valence-corrected chi connectivity index (χ2v) is 6.87. The lowest BCUT2D eigenvalue weighted by molar-refractivity contribution is -0.113. The van der Waals surface area contributed by atoms with Crippen LogP contribution in [0.1, 0.15) is 11.5 Å². The van der Waals surface area contributed by atoms with Crippen molar-refractivity contribution in [3.05, 3.63) is 64.8 Å². The molecule has 0 fully saturated rings. The molecule has 6 nitrogen and oxygen atoms in total. The highest BCUT2D eigenvalue weighted by Crippen LogP contribution is 2.23. The number of nitrogens with zero attached hydrogens (tertiary/aromatic N) is 2. The van der Waals surface area contributed by atoms with E-state index in [1.165, 1.54) is 24.3 Å². The Hall–Kier alpha value is -2.58. The van der Waals surface area contributed by atoms with Crippen LogP contribution in [0.15, 0.2) is 52.1 Å². The van der Waals surface area contributed by atoms with Gasteiger partial charge >= 0.3 is 0 Å². The van der Waals surface area contributed by atoms with Gasteiger partial charge in [-0.3, -0.25) is 4.79 Å². The Kier molecular flexibility index (Phi) is 6.31. The molecule has 0 aliphatic rings. The molecule has 1 N–H and O–H groups in total. The molecule has 1 aromatic heterocycles. The summed E-state index contributed by atoms with van der Waals surface area (Å²) < 4.78 is 23.9. The lowest BCUT2D eigenvalue weighted by Crippen LogP contribution is -2.13. The number of benzene rings is 2. The van der Waals surface area contributed by atoms with Crippen molar-refractivity contribution in [1.82, 2.24) is 10.2 Å². The lowest BCUT2D eigenvalue weighted by Gasteiger charge is -2.06. The maximum Gasteiger partial charge on any atom is 0.277 e. The fraction of sp³-hybridized carbons (Fsp3) is 0.167. The fourth-order valence-electron chi connectivity index (χ4n) is 2.13. The molecule has 140 valence electrons. The minimum Gasteiger partial charge on any atom is -0.484 e. The Labute approximate surface area is 164 Å². The minimum atomic E-state index is -0.364. The zero-order valence-corrected chi connectivity index (χ0v) is 15.8. The Bertz CT molecular complexity index is 934. The number of aromatic nitrogens is 2. The number of nitrogens with one attached hydrogen (secondary N) is 1. The molecule has 3 rings (SSSR count). The number of thioether (sulfide) groups is 1.